The molecule has 0 saturated heterocycles. The normalized spacial score (nSPS) is 12.0. The van der Waals surface area contributed by atoms with Crippen molar-refractivity contribution in [1.82, 2.24) is 5.32 Å². The van der Waals surface area contributed by atoms with Crippen LogP contribution < -0.4 is 14.8 Å². The third kappa shape index (κ3) is 3.95. The van der Waals surface area contributed by atoms with Gasteiger partial charge >= 0.3 is 0 Å². The maximum Gasteiger partial charge on any atom is 0.129 e. The van der Waals surface area contributed by atoms with Gasteiger partial charge in [-0.2, -0.15) is 0 Å². The third-order valence-corrected chi connectivity index (χ3v) is 3.40. The van der Waals surface area contributed by atoms with Gasteiger partial charge in [0, 0.05) is 6.07 Å². The van der Waals surface area contributed by atoms with Gasteiger partial charge in [-0.15, -0.1) is 0 Å². The van der Waals surface area contributed by atoms with Crippen LogP contribution in [0, 0.1) is 12.7 Å². The molecule has 4 heteroatoms. The average Bonchev–Trinajstić information content (AvgIpc) is 2.51. The van der Waals surface area contributed by atoms with E-state index in [1.807, 2.05) is 31.3 Å². The molecule has 1 unspecified atom stereocenters. The predicted molar refractivity (Wildman–Crippen MR) is 81.4 cm³/mol. The molecule has 0 aliphatic heterocycles. The Labute approximate surface area is 124 Å². The lowest BCUT2D eigenvalue weighted by Crippen LogP contribution is -2.23. The molecule has 2 rings (SSSR count). The average molecular weight is 289 g/mol. The molecule has 1 N–H and O–H groups in total. The van der Waals surface area contributed by atoms with Crippen LogP contribution in [0.3, 0.4) is 0 Å². The van der Waals surface area contributed by atoms with Gasteiger partial charge in [0.2, 0.25) is 0 Å². The van der Waals surface area contributed by atoms with Crippen molar-refractivity contribution in [2.45, 2.75) is 13.0 Å². The summed E-state index contributed by atoms with van der Waals surface area (Å²) >= 11 is 0. The van der Waals surface area contributed by atoms with Crippen molar-refractivity contribution < 1.29 is 13.9 Å². The van der Waals surface area contributed by atoms with E-state index >= 15 is 0 Å². The van der Waals surface area contributed by atoms with Gasteiger partial charge in [0.05, 0.1) is 13.2 Å². The molecule has 1 atom stereocenters. The minimum Gasteiger partial charge on any atom is -0.497 e. The fourth-order valence-corrected chi connectivity index (χ4v) is 2.05. The minimum atomic E-state index is -0.255. The zero-order valence-electron chi connectivity index (χ0n) is 12.5. The van der Waals surface area contributed by atoms with Crippen molar-refractivity contribution in [3.8, 4) is 11.5 Å². The third-order valence-electron chi connectivity index (χ3n) is 3.40. The predicted octanol–water partition coefficient (Wildman–Crippen LogP) is 3.48. The number of aryl methyl sites for hydroxylation is 1. The number of hydrogen-bond acceptors (Lipinski definition) is 3. The number of benzene rings is 2. The lowest BCUT2D eigenvalue weighted by Gasteiger charge is -2.18. The van der Waals surface area contributed by atoms with E-state index in [1.165, 1.54) is 6.07 Å². The van der Waals surface area contributed by atoms with Crippen molar-refractivity contribution in [3.05, 3.63) is 59.4 Å². The Balaban J connectivity index is 2.06. The van der Waals surface area contributed by atoms with E-state index in [4.69, 9.17) is 9.47 Å². The molecule has 112 valence electrons. The highest BCUT2D eigenvalue weighted by molar-refractivity contribution is 5.31. The Kier molecular flexibility index (Phi) is 5.17. The van der Waals surface area contributed by atoms with Crippen LogP contribution in [0.2, 0.25) is 0 Å². The molecule has 0 aliphatic rings. The number of ether oxygens (including phenoxy) is 2. The standard InChI is InChI=1S/C17H20FNO2/c1-12-7-8-15(10-16(12)18)21-11-17(19-2)13-5-4-6-14(9-13)20-3/h4-10,17,19H,11H2,1-3H3. The van der Waals surface area contributed by atoms with Crippen LogP contribution in [0.1, 0.15) is 17.2 Å². The summed E-state index contributed by atoms with van der Waals surface area (Å²) in [7, 11) is 3.50. The van der Waals surface area contributed by atoms with Crippen molar-refractivity contribution >= 4 is 0 Å². The Hall–Kier alpha value is -2.07. The second kappa shape index (κ2) is 7.09. The summed E-state index contributed by atoms with van der Waals surface area (Å²) in [6, 6.07) is 12.7. The number of methoxy groups -OCH3 is 1. The Bertz CT molecular complexity index is 601. The largest absolute Gasteiger partial charge is 0.497 e. The lowest BCUT2D eigenvalue weighted by atomic mass is 10.1. The van der Waals surface area contributed by atoms with Crippen LogP contribution in [-0.2, 0) is 0 Å². The highest BCUT2D eigenvalue weighted by Crippen LogP contribution is 2.21. The molecule has 0 radical (unpaired) electrons. The van der Waals surface area contributed by atoms with E-state index in [2.05, 4.69) is 5.32 Å². The van der Waals surface area contributed by atoms with Gasteiger partial charge in [0.15, 0.2) is 0 Å². The van der Waals surface area contributed by atoms with E-state index in [0.717, 1.165) is 11.3 Å². The highest BCUT2D eigenvalue weighted by Gasteiger charge is 2.11. The van der Waals surface area contributed by atoms with E-state index in [0.29, 0.717) is 17.9 Å². The van der Waals surface area contributed by atoms with Crippen LogP contribution in [0.4, 0.5) is 4.39 Å². The molecular formula is C17H20FNO2. The number of halogens is 1. The van der Waals surface area contributed by atoms with Gasteiger partial charge in [-0.1, -0.05) is 18.2 Å². The van der Waals surface area contributed by atoms with E-state index < -0.39 is 0 Å². The fraction of sp³-hybridized carbons (Fsp3) is 0.294. The van der Waals surface area contributed by atoms with Gasteiger partial charge < -0.3 is 14.8 Å². The van der Waals surface area contributed by atoms with E-state index in [1.54, 1.807) is 26.2 Å². The first kappa shape index (κ1) is 15.3. The Morgan fingerprint density at radius 1 is 1.14 bits per heavy atom. The second-order valence-electron chi connectivity index (χ2n) is 4.84. The molecule has 21 heavy (non-hydrogen) atoms. The van der Waals surface area contributed by atoms with Gasteiger partial charge in [0.25, 0.3) is 0 Å². The van der Waals surface area contributed by atoms with Gasteiger partial charge in [-0.3, -0.25) is 0 Å². The summed E-state index contributed by atoms with van der Waals surface area (Å²) in [6.45, 7) is 2.14. The Morgan fingerprint density at radius 2 is 1.95 bits per heavy atom. The summed E-state index contributed by atoms with van der Waals surface area (Å²) in [6.07, 6.45) is 0. The molecule has 0 spiro atoms. The van der Waals surface area contributed by atoms with Gasteiger partial charge in [0.1, 0.15) is 23.9 Å². The molecular weight excluding hydrogens is 269 g/mol. The molecule has 3 nitrogen and oxygen atoms in total. The van der Waals surface area contributed by atoms with Crippen molar-refractivity contribution in [3.63, 3.8) is 0 Å². The van der Waals surface area contributed by atoms with Crippen LogP contribution >= 0.6 is 0 Å². The molecule has 2 aromatic carbocycles. The SMILES string of the molecule is CNC(COc1ccc(C)c(F)c1)c1cccc(OC)c1. The van der Waals surface area contributed by atoms with Crippen molar-refractivity contribution in [2.24, 2.45) is 0 Å². The zero-order valence-corrected chi connectivity index (χ0v) is 12.5. The van der Waals surface area contributed by atoms with Gasteiger partial charge in [-0.25, -0.2) is 4.39 Å². The summed E-state index contributed by atoms with van der Waals surface area (Å²) in [5, 5.41) is 3.19. The number of hydrogen-bond donors (Lipinski definition) is 1. The first-order valence-corrected chi connectivity index (χ1v) is 6.84. The lowest BCUT2D eigenvalue weighted by molar-refractivity contribution is 0.271. The number of rotatable bonds is 6. The van der Waals surface area contributed by atoms with E-state index in [-0.39, 0.29) is 11.9 Å². The van der Waals surface area contributed by atoms with Gasteiger partial charge in [-0.05, 0) is 43.3 Å². The summed E-state index contributed by atoms with van der Waals surface area (Å²) in [5.41, 5.74) is 1.67. The molecule has 0 amide bonds. The summed E-state index contributed by atoms with van der Waals surface area (Å²) in [4.78, 5) is 0. The fourth-order valence-electron chi connectivity index (χ4n) is 2.05. The van der Waals surface area contributed by atoms with Crippen LogP contribution in [0.15, 0.2) is 42.5 Å². The number of nitrogens with one attached hydrogen (secondary N) is 1. The maximum absolute atomic E-state index is 13.5. The van der Waals surface area contributed by atoms with Crippen molar-refractivity contribution in [2.75, 3.05) is 20.8 Å². The molecule has 2 aromatic rings. The molecule has 0 aliphatic carbocycles. The molecule has 0 aromatic heterocycles. The second-order valence-corrected chi connectivity index (χ2v) is 4.84. The quantitative estimate of drug-likeness (QED) is 0.883. The number of likely N-dealkylation sites (N-methyl/N-ethyl adjacent to an activating group) is 1. The molecule has 0 bridgehead atoms. The topological polar surface area (TPSA) is 30.5 Å². The summed E-state index contributed by atoms with van der Waals surface area (Å²) < 4.78 is 24.4. The minimum absolute atomic E-state index is 0.00413. The Morgan fingerprint density at radius 3 is 2.62 bits per heavy atom. The first-order chi connectivity index (χ1) is 10.1. The van der Waals surface area contributed by atoms with E-state index in [9.17, 15) is 4.39 Å². The first-order valence-electron chi connectivity index (χ1n) is 6.84. The monoisotopic (exact) mass is 289 g/mol. The van der Waals surface area contributed by atoms with Crippen LogP contribution in [0.25, 0.3) is 0 Å². The van der Waals surface area contributed by atoms with Crippen LogP contribution in [0.5, 0.6) is 11.5 Å². The highest BCUT2D eigenvalue weighted by atomic mass is 19.1. The zero-order chi connectivity index (χ0) is 15.2. The van der Waals surface area contributed by atoms with Crippen LogP contribution in [-0.4, -0.2) is 20.8 Å². The molecule has 0 saturated carbocycles. The van der Waals surface area contributed by atoms with Crippen molar-refractivity contribution in [1.29, 1.82) is 0 Å². The smallest absolute Gasteiger partial charge is 0.129 e. The summed E-state index contributed by atoms with van der Waals surface area (Å²) in [5.74, 6) is 1.07. The maximum atomic E-state index is 13.5. The molecule has 0 heterocycles. The molecule has 0 fully saturated rings.